The molecule has 3 aromatic rings. The number of ether oxygens (including phenoxy) is 1. The molecule has 6 heteroatoms. The van der Waals surface area contributed by atoms with E-state index in [9.17, 15) is 14.4 Å². The van der Waals surface area contributed by atoms with Gasteiger partial charge in [-0.15, -0.1) is 11.3 Å². The van der Waals surface area contributed by atoms with Crippen LogP contribution < -0.4 is 0 Å². The predicted molar refractivity (Wildman–Crippen MR) is 101 cm³/mol. The minimum atomic E-state index is -0.954. The number of benzene rings is 1. The summed E-state index contributed by atoms with van der Waals surface area (Å²) < 4.78 is 6.35. The van der Waals surface area contributed by atoms with Crippen LogP contribution in [0.25, 0.3) is 10.1 Å². The van der Waals surface area contributed by atoms with Crippen LogP contribution in [0.3, 0.4) is 0 Å². The lowest BCUT2D eigenvalue weighted by Crippen LogP contribution is -2.25. The SMILES string of the molecule is CC(=O)c1c(C)[nH]c(C(=O)[C@@H](C)OC(=O)c2cc3ccccc3s2)c1C. The molecule has 0 spiro atoms. The van der Waals surface area contributed by atoms with Gasteiger partial charge in [0.05, 0.1) is 5.69 Å². The predicted octanol–water partition coefficient (Wildman–Crippen LogP) is 4.48. The summed E-state index contributed by atoms with van der Waals surface area (Å²) in [7, 11) is 0. The molecule has 0 aliphatic heterocycles. The van der Waals surface area contributed by atoms with Gasteiger partial charge in [0.25, 0.3) is 0 Å². The first-order valence-corrected chi connectivity index (χ1v) is 9.05. The van der Waals surface area contributed by atoms with Crippen LogP contribution in [0.1, 0.15) is 55.6 Å². The highest BCUT2D eigenvalue weighted by Crippen LogP contribution is 2.26. The van der Waals surface area contributed by atoms with Crippen LogP contribution in [0, 0.1) is 13.8 Å². The summed E-state index contributed by atoms with van der Waals surface area (Å²) in [4.78, 5) is 40.2. The van der Waals surface area contributed by atoms with Crippen molar-refractivity contribution in [2.24, 2.45) is 0 Å². The molecule has 0 saturated heterocycles. The van der Waals surface area contributed by atoms with Crippen molar-refractivity contribution in [1.29, 1.82) is 0 Å². The molecular formula is C20H19NO4S. The van der Waals surface area contributed by atoms with Gasteiger partial charge in [-0.2, -0.15) is 0 Å². The summed E-state index contributed by atoms with van der Waals surface area (Å²) in [6.07, 6.45) is -0.954. The molecule has 0 aliphatic rings. The van der Waals surface area contributed by atoms with E-state index in [4.69, 9.17) is 4.74 Å². The minimum Gasteiger partial charge on any atom is -0.450 e. The zero-order chi connectivity index (χ0) is 19.0. The fraction of sp³-hybridized carbons (Fsp3) is 0.250. The number of rotatable bonds is 5. The molecule has 0 bridgehead atoms. The second-order valence-corrected chi connectivity index (χ2v) is 7.33. The summed E-state index contributed by atoms with van der Waals surface area (Å²) in [5.74, 6) is -0.988. The Balaban J connectivity index is 1.80. The highest BCUT2D eigenvalue weighted by molar-refractivity contribution is 7.20. The maximum atomic E-state index is 12.7. The van der Waals surface area contributed by atoms with Crippen molar-refractivity contribution in [3.63, 3.8) is 0 Å². The van der Waals surface area contributed by atoms with Crippen LogP contribution in [0.5, 0.6) is 0 Å². The number of aryl methyl sites for hydroxylation is 1. The fourth-order valence-corrected chi connectivity index (χ4v) is 4.03. The summed E-state index contributed by atoms with van der Waals surface area (Å²) in [5.41, 5.74) is 2.05. The van der Waals surface area contributed by atoms with E-state index in [1.54, 1.807) is 19.9 Å². The molecule has 3 rings (SSSR count). The van der Waals surface area contributed by atoms with Crippen molar-refractivity contribution in [2.75, 3.05) is 0 Å². The third-order valence-corrected chi connectivity index (χ3v) is 5.41. The number of nitrogens with one attached hydrogen (secondary N) is 1. The summed E-state index contributed by atoms with van der Waals surface area (Å²) in [6.45, 7) is 6.46. The Morgan fingerprint density at radius 2 is 1.85 bits per heavy atom. The second kappa shape index (κ2) is 6.88. The highest BCUT2D eigenvalue weighted by atomic mass is 32.1. The molecule has 0 unspecified atom stereocenters. The number of carbonyl (C=O) groups excluding carboxylic acids is 3. The molecular weight excluding hydrogens is 350 g/mol. The van der Waals surface area contributed by atoms with Crippen molar-refractivity contribution in [1.82, 2.24) is 4.98 Å². The van der Waals surface area contributed by atoms with E-state index >= 15 is 0 Å². The highest BCUT2D eigenvalue weighted by Gasteiger charge is 2.26. The number of aromatic nitrogens is 1. The van der Waals surface area contributed by atoms with E-state index in [1.807, 2.05) is 24.3 Å². The number of fused-ring (bicyclic) bond motifs is 1. The number of carbonyl (C=O) groups is 3. The monoisotopic (exact) mass is 369 g/mol. The van der Waals surface area contributed by atoms with Crippen molar-refractivity contribution < 1.29 is 19.1 Å². The molecule has 0 radical (unpaired) electrons. The van der Waals surface area contributed by atoms with E-state index in [-0.39, 0.29) is 11.6 Å². The fourth-order valence-electron chi connectivity index (χ4n) is 3.08. The van der Waals surface area contributed by atoms with E-state index < -0.39 is 12.1 Å². The Morgan fingerprint density at radius 3 is 2.46 bits per heavy atom. The van der Waals surface area contributed by atoms with Gasteiger partial charge in [0.1, 0.15) is 4.88 Å². The third kappa shape index (κ3) is 3.20. The number of hydrogen-bond acceptors (Lipinski definition) is 5. The van der Waals surface area contributed by atoms with Crippen LogP contribution in [-0.4, -0.2) is 28.6 Å². The first kappa shape index (κ1) is 18.1. The summed E-state index contributed by atoms with van der Waals surface area (Å²) in [5, 5.41) is 0.963. The van der Waals surface area contributed by atoms with Gasteiger partial charge in [-0.1, -0.05) is 18.2 Å². The Kier molecular flexibility index (Phi) is 4.78. The molecule has 2 aromatic heterocycles. The van der Waals surface area contributed by atoms with Gasteiger partial charge in [0.15, 0.2) is 11.9 Å². The lowest BCUT2D eigenvalue weighted by molar-refractivity contribution is 0.0321. The third-order valence-electron chi connectivity index (χ3n) is 4.32. The topological polar surface area (TPSA) is 76.2 Å². The van der Waals surface area contributed by atoms with Gasteiger partial charge in [-0.25, -0.2) is 4.79 Å². The Labute approximate surface area is 155 Å². The van der Waals surface area contributed by atoms with Crippen molar-refractivity contribution in [3.8, 4) is 0 Å². The molecule has 0 fully saturated rings. The van der Waals surface area contributed by atoms with Crippen molar-refractivity contribution in [2.45, 2.75) is 33.8 Å². The zero-order valence-electron chi connectivity index (χ0n) is 15.0. The van der Waals surface area contributed by atoms with Gasteiger partial charge >= 0.3 is 5.97 Å². The smallest absolute Gasteiger partial charge is 0.349 e. The molecule has 5 nitrogen and oxygen atoms in total. The average molecular weight is 369 g/mol. The Bertz CT molecular complexity index is 995. The standard InChI is InChI=1S/C20H19NO4S/c1-10-17(12(3)22)11(2)21-18(10)19(23)13(4)25-20(24)16-9-14-7-5-6-8-15(14)26-16/h5-9,13,21H,1-4H3/t13-/m1/s1. The molecule has 1 N–H and O–H groups in total. The van der Waals surface area contributed by atoms with Crippen LogP contribution >= 0.6 is 11.3 Å². The molecule has 134 valence electrons. The molecule has 0 amide bonds. The molecule has 1 atom stereocenters. The van der Waals surface area contributed by atoms with Crippen molar-refractivity contribution >= 4 is 39.0 Å². The second-order valence-electron chi connectivity index (χ2n) is 6.24. The van der Waals surface area contributed by atoms with Gasteiger partial charge in [0, 0.05) is 16.0 Å². The molecule has 0 aliphatic carbocycles. The van der Waals surface area contributed by atoms with E-state index in [1.165, 1.54) is 25.2 Å². The van der Waals surface area contributed by atoms with Gasteiger partial charge in [-0.3, -0.25) is 9.59 Å². The minimum absolute atomic E-state index is 0.106. The maximum Gasteiger partial charge on any atom is 0.349 e. The molecule has 2 heterocycles. The van der Waals surface area contributed by atoms with E-state index in [2.05, 4.69) is 4.98 Å². The lowest BCUT2D eigenvalue weighted by Gasteiger charge is -2.11. The largest absolute Gasteiger partial charge is 0.450 e. The van der Waals surface area contributed by atoms with E-state index in [0.717, 1.165) is 10.1 Å². The number of esters is 1. The maximum absolute atomic E-state index is 12.7. The van der Waals surface area contributed by atoms with Crippen molar-refractivity contribution in [3.05, 3.63) is 57.7 Å². The van der Waals surface area contributed by atoms with Crippen LogP contribution in [-0.2, 0) is 4.74 Å². The first-order valence-electron chi connectivity index (χ1n) is 8.23. The number of thiophene rings is 1. The van der Waals surface area contributed by atoms with Crippen LogP contribution in [0.4, 0.5) is 0 Å². The first-order chi connectivity index (χ1) is 12.3. The van der Waals surface area contributed by atoms with Crippen LogP contribution in [0.2, 0.25) is 0 Å². The number of hydrogen-bond donors (Lipinski definition) is 1. The quantitative estimate of drug-likeness (QED) is 0.531. The van der Waals surface area contributed by atoms with Gasteiger partial charge < -0.3 is 9.72 Å². The average Bonchev–Trinajstić information content (AvgIpc) is 3.14. The molecule has 26 heavy (non-hydrogen) atoms. The normalized spacial score (nSPS) is 12.2. The van der Waals surface area contributed by atoms with Gasteiger partial charge in [0.2, 0.25) is 5.78 Å². The van der Waals surface area contributed by atoms with Crippen LogP contribution in [0.15, 0.2) is 30.3 Å². The van der Waals surface area contributed by atoms with E-state index in [0.29, 0.717) is 27.4 Å². The number of H-pyrrole nitrogens is 1. The Hall–Kier alpha value is -2.73. The zero-order valence-corrected chi connectivity index (χ0v) is 15.8. The summed E-state index contributed by atoms with van der Waals surface area (Å²) in [6, 6.07) is 9.42. The number of aromatic amines is 1. The molecule has 0 saturated carbocycles. The van der Waals surface area contributed by atoms with Gasteiger partial charge in [-0.05, 0) is 50.8 Å². The number of Topliss-reactive ketones (excluding diaryl/α,β-unsaturated/α-hetero) is 2. The lowest BCUT2D eigenvalue weighted by atomic mass is 10.0. The number of ketones is 2. The summed E-state index contributed by atoms with van der Waals surface area (Å²) >= 11 is 1.33. The molecule has 1 aromatic carbocycles. The Morgan fingerprint density at radius 1 is 1.15 bits per heavy atom.